The van der Waals surface area contributed by atoms with Crippen molar-refractivity contribution in [2.24, 2.45) is 59.2 Å². The number of rotatable bonds is 2. The SMILES string of the molecule is c1ccc2c(c1)sc1c(-c3ccc4c(c3)c3ccccc3n4C3CCC4C(C3)C3CCCC5C6CCCCC6C6CCCC4C6C53)cccc12. The van der Waals surface area contributed by atoms with Gasteiger partial charge in [0.15, 0.2) is 0 Å². The summed E-state index contributed by atoms with van der Waals surface area (Å²) in [4.78, 5) is 0. The highest BCUT2D eigenvalue weighted by molar-refractivity contribution is 7.26. The lowest BCUT2D eigenvalue weighted by atomic mass is 9.38. The average Bonchev–Trinajstić information content (AvgIpc) is 3.73. The standard InChI is InChI=1S/C48H51NS/c1-2-11-32-31(10-1)36-15-8-17-38-33-24-23-29(27-41(33)39-18-9-16-37(32)47(39)46(36)38)49-43-20-5-3-12-34(43)42-26-28(22-25-44(42)49)30-14-7-19-40-35-13-4-6-21-45(35)50-48(30)40/h3-7,12-14,19-22,25-26,29,31-33,36-39,41,46-47H,1-2,8-11,15-18,23-24,27H2. The van der Waals surface area contributed by atoms with E-state index < -0.39 is 0 Å². The van der Waals surface area contributed by atoms with Gasteiger partial charge in [0.25, 0.3) is 0 Å². The van der Waals surface area contributed by atoms with Crippen LogP contribution in [0.5, 0.6) is 0 Å². The van der Waals surface area contributed by atoms with Crippen molar-refractivity contribution in [1.29, 1.82) is 0 Å². The van der Waals surface area contributed by atoms with Gasteiger partial charge in [0.05, 0.1) is 0 Å². The van der Waals surface area contributed by atoms with Crippen LogP contribution >= 0.6 is 11.3 Å². The first-order valence-electron chi connectivity index (χ1n) is 20.7. The molecule has 1 nitrogen and oxygen atoms in total. The summed E-state index contributed by atoms with van der Waals surface area (Å²) in [5.74, 6) is 10.5. The number of hydrogen-bond acceptors (Lipinski definition) is 1. The maximum Gasteiger partial charge on any atom is 0.0494 e. The van der Waals surface area contributed by atoms with Gasteiger partial charge >= 0.3 is 0 Å². The molecule has 11 atom stereocenters. The molecule has 0 amide bonds. The summed E-state index contributed by atoms with van der Waals surface area (Å²) in [5, 5.41) is 5.67. The summed E-state index contributed by atoms with van der Waals surface area (Å²) >= 11 is 1.95. The molecule has 6 aliphatic rings. The van der Waals surface area contributed by atoms with Crippen LogP contribution in [0.15, 0.2) is 84.9 Å². The molecule has 12 rings (SSSR count). The summed E-state index contributed by atoms with van der Waals surface area (Å²) in [6.07, 6.45) is 19.8. The molecule has 6 fully saturated rings. The molecule has 6 saturated carbocycles. The molecule has 6 aromatic rings. The zero-order chi connectivity index (χ0) is 32.5. The van der Waals surface area contributed by atoms with Crippen LogP contribution < -0.4 is 0 Å². The fourth-order valence-corrected chi connectivity index (χ4v) is 16.2. The lowest BCUT2D eigenvalue weighted by molar-refractivity contribution is -0.189. The second-order valence-electron chi connectivity index (χ2n) is 18.0. The highest BCUT2D eigenvalue weighted by Gasteiger charge is 2.62. The maximum absolute atomic E-state index is 2.86. The summed E-state index contributed by atoms with van der Waals surface area (Å²) < 4.78 is 5.67. The third-order valence-electron chi connectivity index (χ3n) is 16.4. The Bertz CT molecular complexity index is 2270. The zero-order valence-electron chi connectivity index (χ0n) is 29.5. The van der Waals surface area contributed by atoms with Crippen molar-refractivity contribution in [3.05, 3.63) is 84.9 Å². The fourth-order valence-electron chi connectivity index (χ4n) is 15.0. The Morgan fingerprint density at radius 2 is 1.08 bits per heavy atom. The van der Waals surface area contributed by atoms with E-state index in [1.807, 2.05) is 11.3 Å². The van der Waals surface area contributed by atoms with Gasteiger partial charge in [0, 0.05) is 48.0 Å². The maximum atomic E-state index is 2.86. The Labute approximate surface area is 301 Å². The lowest BCUT2D eigenvalue weighted by Gasteiger charge is -2.67. The van der Waals surface area contributed by atoms with Gasteiger partial charge in [-0.3, -0.25) is 0 Å². The summed E-state index contributed by atoms with van der Waals surface area (Å²) in [6.45, 7) is 0. The van der Waals surface area contributed by atoms with Gasteiger partial charge in [-0.05, 0) is 152 Å². The van der Waals surface area contributed by atoms with Crippen LogP contribution in [0.2, 0.25) is 0 Å². The van der Waals surface area contributed by atoms with Crippen molar-refractivity contribution in [3.63, 3.8) is 0 Å². The molecule has 0 spiro atoms. The van der Waals surface area contributed by atoms with Crippen LogP contribution in [0.1, 0.15) is 89.5 Å². The largest absolute Gasteiger partial charge is 0.337 e. The third-order valence-corrected chi connectivity index (χ3v) is 17.6. The van der Waals surface area contributed by atoms with Crippen molar-refractivity contribution in [1.82, 2.24) is 4.57 Å². The summed E-state index contributed by atoms with van der Waals surface area (Å²) in [6, 6.07) is 33.4. The second-order valence-corrected chi connectivity index (χ2v) is 19.0. The molecule has 50 heavy (non-hydrogen) atoms. The highest BCUT2D eigenvalue weighted by Crippen LogP contribution is 2.69. The number of nitrogens with zero attached hydrogens (tertiary/aromatic N) is 1. The minimum atomic E-state index is 0.623. The summed E-state index contributed by atoms with van der Waals surface area (Å²) in [5.41, 5.74) is 5.68. The first-order chi connectivity index (χ1) is 24.8. The van der Waals surface area contributed by atoms with Crippen LogP contribution in [0.4, 0.5) is 0 Å². The van der Waals surface area contributed by atoms with E-state index in [-0.39, 0.29) is 0 Å². The zero-order valence-corrected chi connectivity index (χ0v) is 30.3. The smallest absolute Gasteiger partial charge is 0.0494 e. The highest BCUT2D eigenvalue weighted by atomic mass is 32.1. The van der Waals surface area contributed by atoms with Gasteiger partial charge in [-0.25, -0.2) is 0 Å². The monoisotopic (exact) mass is 673 g/mol. The average molecular weight is 674 g/mol. The molecule has 2 heterocycles. The van der Waals surface area contributed by atoms with Crippen molar-refractivity contribution < 1.29 is 0 Å². The van der Waals surface area contributed by atoms with E-state index in [1.165, 1.54) is 98.1 Å². The van der Waals surface area contributed by atoms with Gasteiger partial charge in [0.1, 0.15) is 0 Å². The van der Waals surface area contributed by atoms with Gasteiger partial charge in [0.2, 0.25) is 0 Å². The number of benzene rings is 4. The predicted molar refractivity (Wildman–Crippen MR) is 212 cm³/mol. The number of fused-ring (bicyclic) bond motifs is 12. The minimum Gasteiger partial charge on any atom is -0.337 e. The quantitative estimate of drug-likeness (QED) is 0.172. The van der Waals surface area contributed by atoms with Crippen LogP contribution in [0.3, 0.4) is 0 Å². The van der Waals surface area contributed by atoms with Gasteiger partial charge in [-0.15, -0.1) is 11.3 Å². The van der Waals surface area contributed by atoms with Crippen LogP contribution in [-0.4, -0.2) is 4.57 Å². The predicted octanol–water partition coefficient (Wildman–Crippen LogP) is 13.7. The normalized spacial score (nSPS) is 36.4. The Hall–Kier alpha value is -3.10. The molecule has 6 aliphatic carbocycles. The number of hydrogen-bond donors (Lipinski definition) is 0. The lowest BCUT2D eigenvalue weighted by Crippen LogP contribution is -2.61. The van der Waals surface area contributed by atoms with E-state index in [9.17, 15) is 0 Å². The van der Waals surface area contributed by atoms with E-state index in [4.69, 9.17) is 0 Å². The van der Waals surface area contributed by atoms with Crippen molar-refractivity contribution in [2.45, 2.75) is 89.5 Å². The molecule has 0 saturated heterocycles. The Balaban J connectivity index is 0.946. The number of thiophene rings is 1. The molecule has 0 N–H and O–H groups in total. The van der Waals surface area contributed by atoms with Gasteiger partial charge in [-0.1, -0.05) is 86.3 Å². The van der Waals surface area contributed by atoms with Gasteiger partial charge < -0.3 is 4.57 Å². The first kappa shape index (κ1) is 29.5. The fraction of sp³-hybridized carbons (Fsp3) is 0.500. The van der Waals surface area contributed by atoms with E-state index in [2.05, 4.69) is 89.5 Å². The molecule has 0 radical (unpaired) electrons. The van der Waals surface area contributed by atoms with Crippen molar-refractivity contribution in [3.8, 4) is 11.1 Å². The van der Waals surface area contributed by atoms with Crippen molar-refractivity contribution in [2.75, 3.05) is 0 Å². The topological polar surface area (TPSA) is 4.93 Å². The molecule has 2 aromatic heterocycles. The van der Waals surface area contributed by atoms with Gasteiger partial charge in [-0.2, -0.15) is 0 Å². The minimum absolute atomic E-state index is 0.623. The van der Waals surface area contributed by atoms with Crippen LogP contribution in [0.25, 0.3) is 53.1 Å². The molecule has 0 aliphatic heterocycles. The molecular formula is C48H51NS. The molecule has 11 unspecified atom stereocenters. The number of para-hydroxylation sites is 1. The van der Waals surface area contributed by atoms with E-state index in [0.29, 0.717) is 6.04 Å². The Kier molecular flexibility index (Phi) is 6.60. The third kappa shape index (κ3) is 4.07. The Morgan fingerprint density at radius 3 is 1.86 bits per heavy atom. The summed E-state index contributed by atoms with van der Waals surface area (Å²) in [7, 11) is 0. The van der Waals surface area contributed by atoms with E-state index in [1.54, 1.807) is 38.5 Å². The number of aromatic nitrogens is 1. The second kappa shape index (κ2) is 11.2. The molecule has 254 valence electrons. The molecule has 4 aromatic carbocycles. The van der Waals surface area contributed by atoms with E-state index >= 15 is 0 Å². The van der Waals surface area contributed by atoms with E-state index in [0.717, 1.165) is 59.2 Å². The molecule has 2 heteroatoms. The Morgan fingerprint density at radius 1 is 0.460 bits per heavy atom. The molecule has 0 bridgehead atoms. The van der Waals surface area contributed by atoms with Crippen LogP contribution in [-0.2, 0) is 0 Å². The molecular weight excluding hydrogens is 623 g/mol. The first-order valence-corrected chi connectivity index (χ1v) is 21.6. The van der Waals surface area contributed by atoms with Crippen LogP contribution in [0, 0.1) is 59.2 Å². The van der Waals surface area contributed by atoms with Crippen molar-refractivity contribution >= 4 is 53.3 Å².